The van der Waals surface area contributed by atoms with Crippen molar-refractivity contribution in [2.75, 3.05) is 0 Å². The van der Waals surface area contributed by atoms with Gasteiger partial charge in [-0.25, -0.2) is 4.39 Å². The van der Waals surface area contributed by atoms with Crippen molar-refractivity contribution in [1.82, 2.24) is 4.90 Å². The van der Waals surface area contributed by atoms with Crippen LogP contribution in [0.4, 0.5) is 4.39 Å². The molecule has 4 aromatic rings. The Morgan fingerprint density at radius 2 is 1.68 bits per heavy atom. The second kappa shape index (κ2) is 7.20. The van der Waals surface area contributed by atoms with E-state index in [1.165, 1.54) is 12.1 Å². The number of nitrogens with zero attached hydrogens (tertiary/aromatic N) is 1. The molecule has 0 spiro atoms. The van der Waals surface area contributed by atoms with Crippen molar-refractivity contribution < 1.29 is 13.6 Å². The number of amides is 1. The van der Waals surface area contributed by atoms with Gasteiger partial charge in [0.1, 0.15) is 11.4 Å². The van der Waals surface area contributed by atoms with Crippen LogP contribution in [-0.2, 0) is 6.54 Å². The van der Waals surface area contributed by atoms with E-state index < -0.39 is 6.04 Å². The first kappa shape index (κ1) is 19.2. The molecule has 0 saturated carbocycles. The Morgan fingerprint density at radius 3 is 2.39 bits per heavy atom. The van der Waals surface area contributed by atoms with Crippen molar-refractivity contribution in [3.05, 3.63) is 116 Å². The molecule has 0 fully saturated rings. The van der Waals surface area contributed by atoms with Gasteiger partial charge in [0.25, 0.3) is 5.91 Å². The molecule has 5 rings (SSSR count). The van der Waals surface area contributed by atoms with Gasteiger partial charge in [0.05, 0.1) is 17.0 Å². The van der Waals surface area contributed by atoms with Gasteiger partial charge in [-0.2, -0.15) is 0 Å². The minimum Gasteiger partial charge on any atom is -0.450 e. The van der Waals surface area contributed by atoms with E-state index in [9.17, 15) is 14.0 Å². The van der Waals surface area contributed by atoms with Crippen molar-refractivity contribution >= 4 is 16.9 Å². The van der Waals surface area contributed by atoms with Crippen molar-refractivity contribution in [2.45, 2.75) is 26.4 Å². The number of aryl methyl sites for hydroxylation is 2. The molecular weight excluding hydrogens is 393 g/mol. The average molecular weight is 413 g/mol. The summed E-state index contributed by atoms with van der Waals surface area (Å²) in [6.45, 7) is 4.09. The summed E-state index contributed by atoms with van der Waals surface area (Å²) in [5.74, 6) is -0.654. The van der Waals surface area contributed by atoms with Crippen molar-refractivity contribution in [3.63, 3.8) is 0 Å². The average Bonchev–Trinajstić information content (AvgIpc) is 3.01. The van der Waals surface area contributed by atoms with Crippen LogP contribution in [0.15, 0.2) is 75.9 Å². The number of fused-ring (bicyclic) bond motifs is 2. The molecule has 0 aliphatic carbocycles. The molecule has 0 radical (unpaired) electrons. The van der Waals surface area contributed by atoms with E-state index in [-0.39, 0.29) is 22.9 Å². The van der Waals surface area contributed by atoms with Crippen LogP contribution in [0.25, 0.3) is 11.0 Å². The quantitative estimate of drug-likeness (QED) is 0.458. The van der Waals surface area contributed by atoms with Gasteiger partial charge in [0.15, 0.2) is 5.43 Å². The third kappa shape index (κ3) is 3.13. The van der Waals surface area contributed by atoms with Crippen LogP contribution in [0.1, 0.15) is 44.4 Å². The highest BCUT2D eigenvalue weighted by Gasteiger charge is 2.42. The lowest BCUT2D eigenvalue weighted by molar-refractivity contribution is 0.0714. The second-order valence-corrected chi connectivity index (χ2v) is 8.00. The number of benzene rings is 3. The molecule has 0 bridgehead atoms. The van der Waals surface area contributed by atoms with Gasteiger partial charge in [-0.15, -0.1) is 0 Å². The Kier molecular flexibility index (Phi) is 4.47. The number of hydrogen-bond donors (Lipinski definition) is 0. The molecule has 0 N–H and O–H groups in total. The van der Waals surface area contributed by atoms with E-state index in [4.69, 9.17) is 4.42 Å². The van der Waals surface area contributed by atoms with Crippen LogP contribution in [0.2, 0.25) is 0 Å². The Morgan fingerprint density at radius 1 is 0.968 bits per heavy atom. The normalized spacial score (nSPS) is 15.5. The molecule has 1 unspecified atom stereocenters. The molecule has 1 aliphatic rings. The fourth-order valence-corrected chi connectivity index (χ4v) is 4.45. The van der Waals surface area contributed by atoms with Crippen LogP contribution >= 0.6 is 0 Å². The predicted molar refractivity (Wildman–Crippen MR) is 117 cm³/mol. The predicted octanol–water partition coefficient (Wildman–Crippen LogP) is 5.29. The molecule has 1 aliphatic heterocycles. The first-order chi connectivity index (χ1) is 14.9. The van der Waals surface area contributed by atoms with E-state index >= 15 is 0 Å². The zero-order valence-corrected chi connectivity index (χ0v) is 17.2. The lowest BCUT2D eigenvalue weighted by Gasteiger charge is -2.25. The first-order valence-electron chi connectivity index (χ1n) is 10.1. The van der Waals surface area contributed by atoms with Gasteiger partial charge >= 0.3 is 0 Å². The summed E-state index contributed by atoms with van der Waals surface area (Å²) in [5, 5.41) is 0.478. The number of carbonyl (C=O) groups is 1. The summed E-state index contributed by atoms with van der Waals surface area (Å²) in [4.78, 5) is 28.7. The van der Waals surface area contributed by atoms with Crippen molar-refractivity contribution in [2.24, 2.45) is 0 Å². The van der Waals surface area contributed by atoms with Gasteiger partial charge < -0.3 is 9.32 Å². The third-order valence-corrected chi connectivity index (χ3v) is 5.79. The Balaban J connectivity index is 1.76. The van der Waals surface area contributed by atoms with Crippen molar-refractivity contribution in [3.8, 4) is 0 Å². The van der Waals surface area contributed by atoms with Crippen LogP contribution in [-0.4, -0.2) is 10.8 Å². The van der Waals surface area contributed by atoms with Crippen LogP contribution in [0.5, 0.6) is 0 Å². The Hall–Kier alpha value is -3.73. The van der Waals surface area contributed by atoms with Gasteiger partial charge in [-0.1, -0.05) is 48.5 Å². The van der Waals surface area contributed by atoms with Gasteiger partial charge in [0, 0.05) is 6.54 Å². The van der Waals surface area contributed by atoms with Crippen LogP contribution in [0, 0.1) is 19.7 Å². The summed E-state index contributed by atoms with van der Waals surface area (Å²) in [6, 6.07) is 18.5. The van der Waals surface area contributed by atoms with Gasteiger partial charge in [-0.3, -0.25) is 9.59 Å². The minimum atomic E-state index is -0.648. The zero-order valence-electron chi connectivity index (χ0n) is 17.2. The third-order valence-electron chi connectivity index (χ3n) is 5.79. The van der Waals surface area contributed by atoms with Crippen LogP contribution < -0.4 is 5.43 Å². The highest BCUT2D eigenvalue weighted by Crippen LogP contribution is 2.39. The molecular formula is C26H20FNO3. The lowest BCUT2D eigenvalue weighted by Crippen LogP contribution is -2.29. The van der Waals surface area contributed by atoms with E-state index in [1.54, 1.807) is 23.1 Å². The molecule has 1 atom stereocenters. The Labute approximate surface area is 178 Å². The maximum absolute atomic E-state index is 13.6. The largest absolute Gasteiger partial charge is 0.450 e. The van der Waals surface area contributed by atoms with Crippen molar-refractivity contribution in [1.29, 1.82) is 0 Å². The fourth-order valence-electron chi connectivity index (χ4n) is 4.45. The topological polar surface area (TPSA) is 50.5 Å². The maximum Gasteiger partial charge on any atom is 0.291 e. The van der Waals surface area contributed by atoms with E-state index in [2.05, 4.69) is 0 Å². The standard InChI is InChI=1S/C26H20FNO3/c1-15-12-16(2)21-20(13-15)31-25-22(24(21)29)23(18-8-10-19(27)11-9-18)28(26(25)30)14-17-6-4-3-5-7-17/h3-13,23H,14H2,1-2H3. The number of halogens is 1. The smallest absolute Gasteiger partial charge is 0.291 e. The molecule has 1 amide bonds. The minimum absolute atomic E-state index is 0.0627. The van der Waals surface area contributed by atoms with Crippen LogP contribution in [0.3, 0.4) is 0 Å². The summed E-state index contributed by atoms with van der Waals surface area (Å²) in [7, 11) is 0. The monoisotopic (exact) mass is 413 g/mol. The maximum atomic E-state index is 13.6. The molecule has 31 heavy (non-hydrogen) atoms. The number of hydrogen-bond acceptors (Lipinski definition) is 3. The molecule has 0 saturated heterocycles. The van der Waals surface area contributed by atoms with Gasteiger partial charge in [-0.05, 0) is 54.3 Å². The summed E-state index contributed by atoms with van der Waals surface area (Å²) in [6.07, 6.45) is 0. The highest BCUT2D eigenvalue weighted by atomic mass is 19.1. The van der Waals surface area contributed by atoms with E-state index in [1.807, 2.05) is 50.2 Å². The molecule has 154 valence electrons. The first-order valence-corrected chi connectivity index (χ1v) is 10.1. The molecule has 5 heteroatoms. The SMILES string of the molecule is Cc1cc(C)c2c(=O)c3c(oc2c1)C(=O)N(Cc1ccccc1)C3c1ccc(F)cc1. The second-order valence-electron chi connectivity index (χ2n) is 8.00. The lowest BCUT2D eigenvalue weighted by atomic mass is 9.96. The summed E-state index contributed by atoms with van der Waals surface area (Å²) in [5.41, 5.74) is 3.86. The summed E-state index contributed by atoms with van der Waals surface area (Å²) < 4.78 is 19.6. The number of rotatable bonds is 3. The van der Waals surface area contributed by atoms with E-state index in [0.29, 0.717) is 28.6 Å². The number of carbonyl (C=O) groups excluding carboxylic acids is 1. The zero-order chi connectivity index (χ0) is 21.7. The fraction of sp³-hybridized carbons (Fsp3) is 0.154. The molecule has 3 aromatic carbocycles. The Bertz CT molecular complexity index is 1370. The highest BCUT2D eigenvalue weighted by molar-refractivity contribution is 5.99. The molecule has 4 nitrogen and oxygen atoms in total. The van der Waals surface area contributed by atoms with E-state index in [0.717, 1.165) is 16.7 Å². The molecule has 2 heterocycles. The molecule has 1 aromatic heterocycles. The summed E-state index contributed by atoms with van der Waals surface area (Å²) >= 11 is 0. The van der Waals surface area contributed by atoms with Gasteiger partial charge in [0.2, 0.25) is 5.76 Å².